The molecule has 1 nitrogen and oxygen atoms in total. The monoisotopic (exact) mass is 280 g/mol. The summed E-state index contributed by atoms with van der Waals surface area (Å²) in [7, 11) is 1.72. The Hall–Kier alpha value is -1.86. The van der Waals surface area contributed by atoms with Crippen molar-refractivity contribution in [3.63, 3.8) is 0 Å². The summed E-state index contributed by atoms with van der Waals surface area (Å²) in [6.45, 7) is 7.37. The van der Waals surface area contributed by atoms with Crippen molar-refractivity contribution in [2.75, 3.05) is 7.11 Å². The highest BCUT2D eigenvalue weighted by Crippen LogP contribution is 2.22. The second-order valence-electron chi connectivity index (χ2n) is 6.38. The second kappa shape index (κ2) is 6.73. The third kappa shape index (κ3) is 4.57. The lowest BCUT2D eigenvalue weighted by Gasteiger charge is -2.18. The van der Waals surface area contributed by atoms with Crippen LogP contribution < -0.4 is 0 Å². The molecule has 0 spiro atoms. The van der Waals surface area contributed by atoms with Crippen molar-refractivity contribution in [1.29, 1.82) is 0 Å². The molecule has 0 unspecified atom stereocenters. The zero-order valence-corrected chi connectivity index (χ0v) is 13.4. The van der Waals surface area contributed by atoms with Crippen molar-refractivity contribution in [2.24, 2.45) is 0 Å². The lowest BCUT2D eigenvalue weighted by Crippen LogP contribution is -2.10. The molecule has 0 aromatic heterocycles. The van der Waals surface area contributed by atoms with Crippen LogP contribution in [0.25, 0.3) is 12.2 Å². The van der Waals surface area contributed by atoms with Gasteiger partial charge in [-0.1, -0.05) is 81.5 Å². The smallest absolute Gasteiger partial charge is 0.0713 e. The zero-order chi connectivity index (χ0) is 15.3. The van der Waals surface area contributed by atoms with Crippen LogP contribution in [0.5, 0.6) is 0 Å². The van der Waals surface area contributed by atoms with E-state index in [1.165, 1.54) is 22.3 Å². The molecule has 0 aliphatic rings. The van der Waals surface area contributed by atoms with Gasteiger partial charge in [0.15, 0.2) is 0 Å². The Bertz CT molecular complexity index is 583. The lowest BCUT2D eigenvalue weighted by molar-refractivity contribution is 0.185. The number of ether oxygens (including phenoxy) is 1. The average molecular weight is 280 g/mol. The molecule has 0 atom stereocenters. The Kier molecular flexibility index (Phi) is 4.98. The van der Waals surface area contributed by atoms with Gasteiger partial charge >= 0.3 is 0 Å². The average Bonchev–Trinajstić information content (AvgIpc) is 2.46. The molecule has 0 fully saturated rings. The van der Waals surface area contributed by atoms with E-state index in [4.69, 9.17) is 4.74 Å². The molecular formula is C20H24O. The molecule has 0 aliphatic carbocycles. The van der Waals surface area contributed by atoms with E-state index in [0.29, 0.717) is 6.61 Å². The lowest BCUT2D eigenvalue weighted by atomic mass is 9.87. The van der Waals surface area contributed by atoms with E-state index in [1.807, 2.05) is 0 Å². The van der Waals surface area contributed by atoms with Gasteiger partial charge in [-0.3, -0.25) is 0 Å². The number of rotatable bonds is 4. The molecule has 1 heteroatoms. The van der Waals surface area contributed by atoms with Gasteiger partial charge in [0.2, 0.25) is 0 Å². The highest BCUT2D eigenvalue weighted by molar-refractivity contribution is 5.69. The SMILES string of the molecule is COCc1ccc(/C=C/c2ccc(C(C)(C)C)cc2)cc1. The summed E-state index contributed by atoms with van der Waals surface area (Å²) >= 11 is 0. The number of hydrogen-bond donors (Lipinski definition) is 0. The van der Waals surface area contributed by atoms with Crippen LogP contribution >= 0.6 is 0 Å². The van der Waals surface area contributed by atoms with Gasteiger partial charge in [0.1, 0.15) is 0 Å². The van der Waals surface area contributed by atoms with Crippen molar-refractivity contribution >= 4 is 12.2 Å². The molecule has 2 rings (SSSR count). The largest absolute Gasteiger partial charge is 0.380 e. The van der Waals surface area contributed by atoms with Gasteiger partial charge in [-0.2, -0.15) is 0 Å². The molecule has 0 radical (unpaired) electrons. The van der Waals surface area contributed by atoms with Crippen LogP contribution in [-0.4, -0.2) is 7.11 Å². The molecule has 0 saturated carbocycles. The van der Waals surface area contributed by atoms with Crippen LogP contribution in [0.4, 0.5) is 0 Å². The Morgan fingerprint density at radius 2 is 1.29 bits per heavy atom. The number of benzene rings is 2. The van der Waals surface area contributed by atoms with E-state index in [9.17, 15) is 0 Å². The van der Waals surface area contributed by atoms with Gasteiger partial charge in [-0.25, -0.2) is 0 Å². The number of methoxy groups -OCH3 is 1. The predicted octanol–water partition coefficient (Wildman–Crippen LogP) is 5.30. The normalized spacial score (nSPS) is 12.0. The van der Waals surface area contributed by atoms with E-state index in [1.54, 1.807) is 7.11 Å². The summed E-state index contributed by atoms with van der Waals surface area (Å²) in [5.41, 5.74) is 5.20. The Morgan fingerprint density at radius 1 is 0.810 bits per heavy atom. The van der Waals surface area contributed by atoms with E-state index in [2.05, 4.69) is 81.5 Å². The van der Waals surface area contributed by atoms with Gasteiger partial charge < -0.3 is 4.74 Å². The van der Waals surface area contributed by atoms with Crippen molar-refractivity contribution in [2.45, 2.75) is 32.8 Å². The van der Waals surface area contributed by atoms with Crippen molar-refractivity contribution in [3.8, 4) is 0 Å². The minimum Gasteiger partial charge on any atom is -0.380 e. The molecule has 0 heterocycles. The minimum atomic E-state index is 0.208. The van der Waals surface area contributed by atoms with Gasteiger partial charge in [-0.15, -0.1) is 0 Å². The summed E-state index contributed by atoms with van der Waals surface area (Å²) in [5.74, 6) is 0. The van der Waals surface area contributed by atoms with Crippen molar-refractivity contribution in [1.82, 2.24) is 0 Å². The van der Waals surface area contributed by atoms with Gasteiger partial charge in [0.25, 0.3) is 0 Å². The summed E-state index contributed by atoms with van der Waals surface area (Å²) < 4.78 is 5.12. The van der Waals surface area contributed by atoms with Gasteiger partial charge in [0.05, 0.1) is 6.61 Å². The van der Waals surface area contributed by atoms with Crippen LogP contribution in [0.3, 0.4) is 0 Å². The third-order valence-corrected chi connectivity index (χ3v) is 3.54. The highest BCUT2D eigenvalue weighted by atomic mass is 16.5. The molecule has 21 heavy (non-hydrogen) atoms. The van der Waals surface area contributed by atoms with E-state index in [-0.39, 0.29) is 5.41 Å². The van der Waals surface area contributed by atoms with E-state index < -0.39 is 0 Å². The summed E-state index contributed by atoms with van der Waals surface area (Å²) in [4.78, 5) is 0. The zero-order valence-electron chi connectivity index (χ0n) is 13.4. The highest BCUT2D eigenvalue weighted by Gasteiger charge is 2.12. The molecule has 110 valence electrons. The Morgan fingerprint density at radius 3 is 1.71 bits per heavy atom. The summed E-state index contributed by atoms with van der Waals surface area (Å²) in [5, 5.41) is 0. The molecule has 0 amide bonds. The molecule has 2 aromatic carbocycles. The fourth-order valence-corrected chi connectivity index (χ4v) is 2.18. The summed E-state index contributed by atoms with van der Waals surface area (Å²) in [6, 6.07) is 17.2. The second-order valence-corrected chi connectivity index (χ2v) is 6.38. The molecule has 0 N–H and O–H groups in total. The first-order valence-corrected chi connectivity index (χ1v) is 7.35. The first-order chi connectivity index (χ1) is 9.99. The standard InChI is InChI=1S/C20H24O/c1-20(2,3)19-13-11-17(12-14-19)6-5-16-7-9-18(10-8-16)15-21-4/h5-14H,15H2,1-4H3/b6-5+. The fraction of sp³-hybridized carbons (Fsp3) is 0.300. The van der Waals surface area contributed by atoms with E-state index in [0.717, 1.165) is 0 Å². The van der Waals surface area contributed by atoms with Crippen LogP contribution in [0, 0.1) is 0 Å². The molecule has 2 aromatic rings. The van der Waals surface area contributed by atoms with Crippen molar-refractivity contribution < 1.29 is 4.74 Å². The third-order valence-electron chi connectivity index (χ3n) is 3.54. The van der Waals surface area contributed by atoms with Crippen LogP contribution in [-0.2, 0) is 16.8 Å². The molecule has 0 saturated heterocycles. The predicted molar refractivity (Wildman–Crippen MR) is 91.2 cm³/mol. The Balaban J connectivity index is 2.07. The first kappa shape index (κ1) is 15.5. The van der Waals surface area contributed by atoms with Crippen LogP contribution in [0.15, 0.2) is 48.5 Å². The quantitative estimate of drug-likeness (QED) is 0.690. The first-order valence-electron chi connectivity index (χ1n) is 7.35. The van der Waals surface area contributed by atoms with Crippen LogP contribution in [0.2, 0.25) is 0 Å². The Labute approximate surface area is 128 Å². The maximum Gasteiger partial charge on any atom is 0.0713 e. The van der Waals surface area contributed by atoms with E-state index >= 15 is 0 Å². The topological polar surface area (TPSA) is 9.23 Å². The number of hydrogen-bond acceptors (Lipinski definition) is 1. The maximum absolute atomic E-state index is 5.12. The molecule has 0 bridgehead atoms. The summed E-state index contributed by atoms with van der Waals surface area (Å²) in [6.07, 6.45) is 4.29. The fourth-order valence-electron chi connectivity index (χ4n) is 2.18. The molecule has 0 aliphatic heterocycles. The van der Waals surface area contributed by atoms with Crippen molar-refractivity contribution in [3.05, 3.63) is 70.8 Å². The van der Waals surface area contributed by atoms with Crippen LogP contribution in [0.1, 0.15) is 43.0 Å². The molecular weight excluding hydrogens is 256 g/mol. The van der Waals surface area contributed by atoms with Gasteiger partial charge in [0, 0.05) is 7.11 Å². The maximum atomic E-state index is 5.12. The van der Waals surface area contributed by atoms with Gasteiger partial charge in [-0.05, 0) is 27.7 Å². The minimum absolute atomic E-state index is 0.208.